The molecule has 2 fully saturated rings. The molecule has 6 rings (SSSR count). The van der Waals surface area contributed by atoms with Gasteiger partial charge in [0, 0.05) is 37.5 Å². The first-order chi connectivity index (χ1) is 29.0. The third-order valence-corrected chi connectivity index (χ3v) is 10.9. The van der Waals surface area contributed by atoms with Crippen LogP contribution in [0, 0.1) is 11.8 Å². The number of phenolic OH excluding ortho intramolecular Hbond substituents is 1. The van der Waals surface area contributed by atoms with Crippen LogP contribution in [0.5, 0.6) is 28.7 Å². The third-order valence-electron chi connectivity index (χ3n) is 10.9. The van der Waals surface area contributed by atoms with Gasteiger partial charge in [-0.2, -0.15) is 0 Å². The Morgan fingerprint density at radius 3 is 1.80 bits per heavy atom. The van der Waals surface area contributed by atoms with Gasteiger partial charge >= 0.3 is 29.8 Å². The maximum atomic E-state index is 13.9. The molecule has 2 aromatic carbocycles. The summed E-state index contributed by atoms with van der Waals surface area (Å²) in [7, 11) is 2.80. The molecule has 1 aliphatic carbocycles. The SMILES string of the molecule is CCCC(=O)OC[C@H]1O[C@H](O[C@@H]2c3cc4c(cc3[C@@H](c3cc(OC)c(O)c(OC)c3)[C@H]3C(=O)OC[C@@H]32)OCO4)[C@H](OC(=O)CCC)[C@@H](OC(=O)CCC)[C@@H]1OC(=O)CCC. The quantitative estimate of drug-likeness (QED) is 0.149. The Kier molecular flexibility index (Phi) is 14.6. The van der Waals surface area contributed by atoms with Gasteiger partial charge in [0.05, 0.1) is 32.8 Å². The van der Waals surface area contributed by atoms with Crippen LogP contribution in [0.3, 0.4) is 0 Å². The topological polar surface area (TPSA) is 207 Å². The fourth-order valence-corrected chi connectivity index (χ4v) is 8.14. The summed E-state index contributed by atoms with van der Waals surface area (Å²) < 4.78 is 65.4. The van der Waals surface area contributed by atoms with Crippen molar-refractivity contribution in [2.24, 2.45) is 11.8 Å². The molecule has 328 valence electrons. The largest absolute Gasteiger partial charge is 0.502 e. The summed E-state index contributed by atoms with van der Waals surface area (Å²) in [5.74, 6) is -4.52. The van der Waals surface area contributed by atoms with Crippen LogP contribution in [0.25, 0.3) is 0 Å². The molecule has 60 heavy (non-hydrogen) atoms. The lowest BCUT2D eigenvalue weighted by Crippen LogP contribution is -2.63. The van der Waals surface area contributed by atoms with Crippen molar-refractivity contribution < 1.29 is 81.2 Å². The molecule has 3 heterocycles. The van der Waals surface area contributed by atoms with Crippen LogP contribution in [0.15, 0.2) is 24.3 Å². The van der Waals surface area contributed by atoms with E-state index in [0.717, 1.165) is 0 Å². The van der Waals surface area contributed by atoms with Crippen molar-refractivity contribution in [1.29, 1.82) is 0 Å². The van der Waals surface area contributed by atoms with Crippen molar-refractivity contribution in [3.8, 4) is 28.7 Å². The first-order valence-corrected chi connectivity index (χ1v) is 20.6. The van der Waals surface area contributed by atoms with E-state index in [1.807, 2.05) is 6.92 Å². The average molecular weight is 843 g/mol. The zero-order valence-corrected chi connectivity index (χ0v) is 34.8. The van der Waals surface area contributed by atoms with Gasteiger partial charge in [0.1, 0.15) is 12.7 Å². The molecule has 0 radical (unpaired) electrons. The normalized spacial score (nSPS) is 26.2. The Balaban J connectivity index is 1.49. The molecule has 4 aliphatic rings. The minimum atomic E-state index is -1.55. The molecule has 0 spiro atoms. The number of phenols is 1. The predicted molar refractivity (Wildman–Crippen MR) is 206 cm³/mol. The van der Waals surface area contributed by atoms with Gasteiger partial charge < -0.3 is 57.2 Å². The molecule has 9 atom stereocenters. The standard InChI is InChI=1S/C43H54O17/c1-7-11-31(44)52-20-30-39(57-32(45)12-8-2)40(58-33(46)13-9-3)41(59-34(47)14-10-4)43(56-30)60-38-24-18-27-26(54-21-55-27)17-23(24)35(36-25(38)19-53-42(36)49)22-15-28(50-5)37(48)29(16-22)51-6/h15-18,25,30,35-36,38-41,43,48H,7-14,19-21H2,1-6H3/t25-,30+,35+,36-,38+,39+,40-,41+,43+/m0/s1. The number of benzene rings is 2. The second kappa shape index (κ2) is 19.8. The van der Waals surface area contributed by atoms with E-state index in [4.69, 9.17) is 52.1 Å². The van der Waals surface area contributed by atoms with Gasteiger partial charge in [-0.1, -0.05) is 27.7 Å². The number of methoxy groups -OCH3 is 2. The van der Waals surface area contributed by atoms with Crippen LogP contribution in [-0.4, -0.2) is 99.9 Å². The van der Waals surface area contributed by atoms with Crippen molar-refractivity contribution in [3.63, 3.8) is 0 Å². The van der Waals surface area contributed by atoms with Gasteiger partial charge in [-0.3, -0.25) is 24.0 Å². The second-order valence-corrected chi connectivity index (χ2v) is 15.1. The van der Waals surface area contributed by atoms with Crippen LogP contribution in [0.1, 0.15) is 108 Å². The molecule has 17 nitrogen and oxygen atoms in total. The minimum absolute atomic E-state index is 0.00904. The van der Waals surface area contributed by atoms with Crippen molar-refractivity contribution in [3.05, 3.63) is 41.0 Å². The lowest BCUT2D eigenvalue weighted by Gasteiger charge is -2.47. The predicted octanol–water partition coefficient (Wildman–Crippen LogP) is 5.33. The Morgan fingerprint density at radius 2 is 1.23 bits per heavy atom. The third kappa shape index (κ3) is 9.36. The Morgan fingerprint density at radius 1 is 0.700 bits per heavy atom. The zero-order chi connectivity index (χ0) is 43.1. The molecule has 3 aliphatic heterocycles. The van der Waals surface area contributed by atoms with Gasteiger partial charge in [-0.15, -0.1) is 0 Å². The summed E-state index contributed by atoms with van der Waals surface area (Å²) in [5, 5.41) is 10.8. The van der Waals surface area contributed by atoms with Crippen molar-refractivity contribution in [2.75, 3.05) is 34.2 Å². The fraction of sp³-hybridized carbons (Fsp3) is 0.605. The highest BCUT2D eigenvalue weighted by atomic mass is 16.7. The van der Waals surface area contributed by atoms with Crippen molar-refractivity contribution in [1.82, 2.24) is 0 Å². The van der Waals surface area contributed by atoms with Gasteiger partial charge in [-0.05, 0) is 66.6 Å². The van der Waals surface area contributed by atoms with E-state index < -0.39 is 91.0 Å². The Hall–Kier alpha value is -5.29. The van der Waals surface area contributed by atoms with Gasteiger partial charge in [0.15, 0.2) is 47.6 Å². The summed E-state index contributed by atoms with van der Waals surface area (Å²) in [5.41, 5.74) is 1.68. The molecule has 1 N–H and O–H groups in total. The van der Waals surface area contributed by atoms with Crippen LogP contribution >= 0.6 is 0 Å². The summed E-state index contributed by atoms with van der Waals surface area (Å²) in [6.07, 6.45) is -6.33. The lowest BCUT2D eigenvalue weighted by molar-refractivity contribution is -0.323. The summed E-state index contributed by atoms with van der Waals surface area (Å²) in [6.45, 7) is 6.59. The fourth-order valence-electron chi connectivity index (χ4n) is 8.14. The molecule has 0 amide bonds. The monoisotopic (exact) mass is 842 g/mol. The number of ether oxygens (including phenoxy) is 11. The molecule has 0 aromatic heterocycles. The number of esters is 5. The summed E-state index contributed by atoms with van der Waals surface area (Å²) >= 11 is 0. The number of hydrogen-bond acceptors (Lipinski definition) is 17. The average Bonchev–Trinajstić information content (AvgIpc) is 3.85. The maximum Gasteiger partial charge on any atom is 0.310 e. The van der Waals surface area contributed by atoms with E-state index in [2.05, 4.69) is 0 Å². The first-order valence-electron chi connectivity index (χ1n) is 20.6. The van der Waals surface area contributed by atoms with Crippen molar-refractivity contribution in [2.45, 2.75) is 122 Å². The molecule has 0 bridgehead atoms. The maximum absolute atomic E-state index is 13.9. The van der Waals surface area contributed by atoms with Gasteiger partial charge in [0.2, 0.25) is 12.5 Å². The lowest BCUT2D eigenvalue weighted by atomic mass is 9.66. The Labute approximate surface area is 348 Å². The van der Waals surface area contributed by atoms with Crippen LogP contribution in [0.4, 0.5) is 0 Å². The van der Waals surface area contributed by atoms with E-state index >= 15 is 0 Å². The molecule has 0 saturated carbocycles. The molecule has 2 saturated heterocycles. The van der Waals surface area contributed by atoms with E-state index in [9.17, 15) is 29.1 Å². The molecule has 2 aromatic rings. The smallest absolute Gasteiger partial charge is 0.310 e. The number of carbonyl (C=O) groups is 5. The van der Waals surface area contributed by atoms with Gasteiger partial charge in [0.25, 0.3) is 0 Å². The van der Waals surface area contributed by atoms with Crippen LogP contribution < -0.4 is 18.9 Å². The summed E-state index contributed by atoms with van der Waals surface area (Å²) in [4.78, 5) is 66.5. The number of fused-ring (bicyclic) bond motifs is 3. The molecule has 17 heteroatoms. The van der Waals surface area contributed by atoms with Crippen LogP contribution in [0.2, 0.25) is 0 Å². The highest BCUT2D eigenvalue weighted by Crippen LogP contribution is 2.57. The molecule has 0 unspecified atom stereocenters. The first kappa shape index (κ1) is 44.3. The van der Waals surface area contributed by atoms with E-state index in [-0.39, 0.29) is 56.3 Å². The molecular weight excluding hydrogens is 788 g/mol. The number of aromatic hydroxyl groups is 1. The highest BCUT2D eigenvalue weighted by molar-refractivity contribution is 5.79. The van der Waals surface area contributed by atoms with Crippen molar-refractivity contribution >= 4 is 29.8 Å². The van der Waals surface area contributed by atoms with E-state index in [1.54, 1.807) is 45.0 Å². The number of hydrogen-bond donors (Lipinski definition) is 1. The van der Waals surface area contributed by atoms with Gasteiger partial charge in [-0.25, -0.2) is 0 Å². The highest BCUT2D eigenvalue weighted by Gasteiger charge is 2.58. The number of rotatable bonds is 18. The Bertz CT molecular complexity index is 1870. The van der Waals surface area contributed by atoms with Crippen LogP contribution in [-0.2, 0) is 57.1 Å². The number of cyclic esters (lactones) is 1. The molecular formula is C43H54O17. The zero-order valence-electron chi connectivity index (χ0n) is 34.8. The van der Waals surface area contributed by atoms with E-state index in [0.29, 0.717) is 53.9 Å². The number of carbonyl (C=O) groups excluding carboxylic acids is 5. The minimum Gasteiger partial charge on any atom is -0.502 e. The summed E-state index contributed by atoms with van der Waals surface area (Å²) in [6, 6.07) is 6.73. The van der Waals surface area contributed by atoms with E-state index in [1.165, 1.54) is 14.2 Å². The second-order valence-electron chi connectivity index (χ2n) is 15.1.